The largest absolute Gasteiger partial charge is 0.316 e. The Bertz CT molecular complexity index is 158. The van der Waals surface area contributed by atoms with Crippen molar-refractivity contribution < 1.29 is 0 Å². The molecule has 1 atom stereocenters. The summed E-state index contributed by atoms with van der Waals surface area (Å²) in [6.45, 7) is 7.30. The summed E-state index contributed by atoms with van der Waals surface area (Å²) in [6, 6.07) is 0. The smallest absolute Gasteiger partial charge is 0.000804 e. The molecule has 1 heteroatoms. The van der Waals surface area contributed by atoms with Gasteiger partial charge in [0.15, 0.2) is 0 Å². The van der Waals surface area contributed by atoms with E-state index in [2.05, 4.69) is 19.2 Å². The Morgan fingerprint density at radius 3 is 2.58 bits per heavy atom. The predicted molar refractivity (Wildman–Crippen MR) is 52.1 cm³/mol. The standard InChI is InChI=1S/C11H21N/c1-9(2)10-6-11(4-3-5-11)8-12-7-10/h9-10,12H,3-8H2,1-2H3. The summed E-state index contributed by atoms with van der Waals surface area (Å²) in [5.74, 6) is 1.81. The van der Waals surface area contributed by atoms with Gasteiger partial charge in [0.25, 0.3) is 0 Å². The van der Waals surface area contributed by atoms with E-state index in [1.165, 1.54) is 38.8 Å². The Balaban J connectivity index is 1.94. The van der Waals surface area contributed by atoms with Crippen LogP contribution in [0.4, 0.5) is 0 Å². The molecular weight excluding hydrogens is 146 g/mol. The first-order valence-corrected chi connectivity index (χ1v) is 5.43. The number of hydrogen-bond acceptors (Lipinski definition) is 1. The van der Waals surface area contributed by atoms with Gasteiger partial charge in [0.2, 0.25) is 0 Å². The Kier molecular flexibility index (Phi) is 2.16. The molecule has 0 amide bonds. The van der Waals surface area contributed by atoms with Crippen molar-refractivity contribution in [3.8, 4) is 0 Å². The lowest BCUT2D eigenvalue weighted by Gasteiger charge is -2.49. The van der Waals surface area contributed by atoms with E-state index < -0.39 is 0 Å². The number of piperidine rings is 1. The molecule has 0 aromatic carbocycles. The first-order chi connectivity index (χ1) is 5.72. The molecule has 1 aliphatic heterocycles. The maximum atomic E-state index is 3.61. The summed E-state index contributed by atoms with van der Waals surface area (Å²) in [7, 11) is 0. The molecule has 1 saturated carbocycles. The van der Waals surface area contributed by atoms with Crippen molar-refractivity contribution in [3.05, 3.63) is 0 Å². The van der Waals surface area contributed by atoms with Crippen molar-refractivity contribution in [1.29, 1.82) is 0 Å². The Morgan fingerprint density at radius 2 is 2.08 bits per heavy atom. The van der Waals surface area contributed by atoms with E-state index in [9.17, 15) is 0 Å². The van der Waals surface area contributed by atoms with Gasteiger partial charge in [-0.05, 0) is 43.1 Å². The molecule has 1 heterocycles. The fourth-order valence-electron chi connectivity index (χ4n) is 2.75. The minimum atomic E-state index is 0.743. The number of hydrogen-bond donors (Lipinski definition) is 1. The molecule has 1 N–H and O–H groups in total. The van der Waals surface area contributed by atoms with Crippen LogP contribution >= 0.6 is 0 Å². The summed E-state index contributed by atoms with van der Waals surface area (Å²) in [4.78, 5) is 0. The van der Waals surface area contributed by atoms with Crippen LogP contribution in [0.1, 0.15) is 39.5 Å². The van der Waals surface area contributed by atoms with Crippen LogP contribution in [0.2, 0.25) is 0 Å². The van der Waals surface area contributed by atoms with Gasteiger partial charge in [0, 0.05) is 6.54 Å². The van der Waals surface area contributed by atoms with Crippen molar-refractivity contribution >= 4 is 0 Å². The van der Waals surface area contributed by atoms with Crippen molar-refractivity contribution in [2.75, 3.05) is 13.1 Å². The van der Waals surface area contributed by atoms with E-state index in [-0.39, 0.29) is 0 Å². The molecule has 70 valence electrons. The summed E-state index contributed by atoms with van der Waals surface area (Å²) >= 11 is 0. The van der Waals surface area contributed by atoms with Crippen LogP contribution in [0.5, 0.6) is 0 Å². The van der Waals surface area contributed by atoms with Crippen molar-refractivity contribution in [3.63, 3.8) is 0 Å². The van der Waals surface area contributed by atoms with Crippen LogP contribution in [0, 0.1) is 17.3 Å². The Labute approximate surface area is 75.9 Å². The van der Waals surface area contributed by atoms with E-state index in [1.807, 2.05) is 0 Å². The average molecular weight is 167 g/mol. The van der Waals surface area contributed by atoms with Gasteiger partial charge >= 0.3 is 0 Å². The molecule has 12 heavy (non-hydrogen) atoms. The quantitative estimate of drug-likeness (QED) is 0.632. The topological polar surface area (TPSA) is 12.0 Å². The lowest BCUT2D eigenvalue weighted by atomic mass is 9.61. The van der Waals surface area contributed by atoms with E-state index >= 15 is 0 Å². The molecule has 0 aromatic rings. The highest BCUT2D eigenvalue weighted by atomic mass is 14.9. The molecule has 1 nitrogen and oxygen atoms in total. The summed E-state index contributed by atoms with van der Waals surface area (Å²) in [5, 5.41) is 3.61. The van der Waals surface area contributed by atoms with Gasteiger partial charge in [-0.1, -0.05) is 20.3 Å². The summed E-state index contributed by atoms with van der Waals surface area (Å²) in [6.07, 6.45) is 5.95. The van der Waals surface area contributed by atoms with Crippen LogP contribution in [-0.2, 0) is 0 Å². The monoisotopic (exact) mass is 167 g/mol. The highest BCUT2D eigenvalue weighted by molar-refractivity contribution is 4.95. The summed E-state index contributed by atoms with van der Waals surface area (Å²) in [5.41, 5.74) is 0.743. The molecule has 0 bridgehead atoms. The van der Waals surface area contributed by atoms with Crippen molar-refractivity contribution in [1.82, 2.24) is 5.32 Å². The molecule has 0 radical (unpaired) electrons. The zero-order valence-electron chi connectivity index (χ0n) is 8.40. The van der Waals surface area contributed by atoms with Crippen LogP contribution in [-0.4, -0.2) is 13.1 Å². The predicted octanol–water partition coefficient (Wildman–Crippen LogP) is 2.42. The van der Waals surface area contributed by atoms with Gasteiger partial charge in [0.1, 0.15) is 0 Å². The first kappa shape index (κ1) is 8.55. The zero-order chi connectivity index (χ0) is 8.60. The second-order valence-electron chi connectivity index (χ2n) is 5.19. The second kappa shape index (κ2) is 3.02. The van der Waals surface area contributed by atoms with Crippen LogP contribution in [0.3, 0.4) is 0 Å². The number of rotatable bonds is 1. The van der Waals surface area contributed by atoms with Crippen molar-refractivity contribution in [2.45, 2.75) is 39.5 Å². The molecule has 2 fully saturated rings. The normalized spacial score (nSPS) is 33.8. The molecule has 1 aliphatic carbocycles. The van der Waals surface area contributed by atoms with Crippen LogP contribution in [0.25, 0.3) is 0 Å². The highest BCUT2D eigenvalue weighted by Crippen LogP contribution is 2.47. The third-order valence-electron chi connectivity index (χ3n) is 3.96. The van der Waals surface area contributed by atoms with Gasteiger partial charge in [0.05, 0.1) is 0 Å². The third-order valence-corrected chi connectivity index (χ3v) is 3.96. The second-order valence-corrected chi connectivity index (χ2v) is 5.19. The molecule has 2 rings (SSSR count). The maximum absolute atomic E-state index is 3.61. The van der Waals surface area contributed by atoms with E-state index in [1.54, 1.807) is 0 Å². The fraction of sp³-hybridized carbons (Fsp3) is 1.00. The Hall–Kier alpha value is -0.0400. The van der Waals surface area contributed by atoms with Gasteiger partial charge in [-0.2, -0.15) is 0 Å². The van der Waals surface area contributed by atoms with Crippen molar-refractivity contribution in [2.24, 2.45) is 17.3 Å². The van der Waals surface area contributed by atoms with Crippen LogP contribution < -0.4 is 5.32 Å². The molecule has 0 aromatic heterocycles. The SMILES string of the molecule is CC(C)C1CNCC2(CCC2)C1. The van der Waals surface area contributed by atoms with Gasteiger partial charge in [-0.15, -0.1) is 0 Å². The molecule has 1 saturated heterocycles. The third kappa shape index (κ3) is 1.39. The van der Waals surface area contributed by atoms with E-state index in [4.69, 9.17) is 0 Å². The van der Waals surface area contributed by atoms with Gasteiger partial charge in [-0.3, -0.25) is 0 Å². The molecule has 1 spiro atoms. The van der Waals surface area contributed by atoms with Gasteiger partial charge < -0.3 is 5.32 Å². The molecular formula is C11H21N. The van der Waals surface area contributed by atoms with Crippen LogP contribution in [0.15, 0.2) is 0 Å². The molecule has 1 unspecified atom stereocenters. The Morgan fingerprint density at radius 1 is 1.33 bits per heavy atom. The minimum absolute atomic E-state index is 0.743. The summed E-state index contributed by atoms with van der Waals surface area (Å²) < 4.78 is 0. The lowest BCUT2D eigenvalue weighted by molar-refractivity contribution is 0.0485. The maximum Gasteiger partial charge on any atom is 0.000804 e. The molecule has 2 aliphatic rings. The van der Waals surface area contributed by atoms with Gasteiger partial charge in [-0.25, -0.2) is 0 Å². The lowest BCUT2D eigenvalue weighted by Crippen LogP contribution is -2.49. The fourth-order valence-corrected chi connectivity index (χ4v) is 2.75. The minimum Gasteiger partial charge on any atom is -0.316 e. The first-order valence-electron chi connectivity index (χ1n) is 5.43. The average Bonchev–Trinajstić information content (AvgIpc) is 2.02. The zero-order valence-corrected chi connectivity index (χ0v) is 8.40. The number of nitrogens with one attached hydrogen (secondary N) is 1. The van der Waals surface area contributed by atoms with E-state index in [0.717, 1.165) is 17.3 Å². The highest BCUT2D eigenvalue weighted by Gasteiger charge is 2.41. The van der Waals surface area contributed by atoms with E-state index in [0.29, 0.717) is 0 Å².